The van der Waals surface area contributed by atoms with E-state index in [0.29, 0.717) is 29.2 Å². The predicted molar refractivity (Wildman–Crippen MR) is 56.8 cm³/mol. The zero-order chi connectivity index (χ0) is 10.3. The minimum absolute atomic E-state index is 0.295. The van der Waals surface area contributed by atoms with Gasteiger partial charge in [-0.2, -0.15) is 0 Å². The zero-order valence-electron chi connectivity index (χ0n) is 9.47. The van der Waals surface area contributed by atoms with Gasteiger partial charge in [0.25, 0.3) is 0 Å². The molecule has 2 saturated carbocycles. The normalized spacial score (nSPS) is 26.0. The molecule has 2 fully saturated rings. The topological polar surface area (TPSA) is 29.1 Å². The van der Waals surface area contributed by atoms with Gasteiger partial charge in [0, 0.05) is 12.0 Å². The highest BCUT2D eigenvalue weighted by atomic mass is 16.2. The standard InChI is InChI=1S/C12H21NO/c1-8(2)9(3)13-11(14)10-6-12(7-10)4-5-12/h8-10H,4-7H2,1-3H3,(H,13,14)/t9-/m1/s1. The van der Waals surface area contributed by atoms with Gasteiger partial charge in [0.15, 0.2) is 0 Å². The van der Waals surface area contributed by atoms with Crippen LogP contribution in [0.25, 0.3) is 0 Å². The van der Waals surface area contributed by atoms with Gasteiger partial charge in [0.05, 0.1) is 0 Å². The van der Waals surface area contributed by atoms with Gasteiger partial charge in [-0.15, -0.1) is 0 Å². The maximum absolute atomic E-state index is 11.7. The van der Waals surface area contributed by atoms with Crippen molar-refractivity contribution in [2.24, 2.45) is 17.3 Å². The van der Waals surface area contributed by atoms with Crippen molar-refractivity contribution in [1.82, 2.24) is 5.32 Å². The lowest BCUT2D eigenvalue weighted by atomic mass is 9.71. The molecule has 2 heteroatoms. The summed E-state index contributed by atoms with van der Waals surface area (Å²) < 4.78 is 0. The van der Waals surface area contributed by atoms with E-state index in [-0.39, 0.29) is 0 Å². The highest BCUT2D eigenvalue weighted by Crippen LogP contribution is 2.63. The summed E-state index contributed by atoms with van der Waals surface area (Å²) >= 11 is 0. The summed E-state index contributed by atoms with van der Waals surface area (Å²) in [6.45, 7) is 6.39. The molecule has 1 atom stereocenters. The van der Waals surface area contributed by atoms with Crippen molar-refractivity contribution >= 4 is 5.91 Å². The van der Waals surface area contributed by atoms with Gasteiger partial charge in [-0.05, 0) is 43.9 Å². The first-order valence-electron chi connectivity index (χ1n) is 5.83. The van der Waals surface area contributed by atoms with E-state index in [2.05, 4.69) is 26.1 Å². The molecular weight excluding hydrogens is 174 g/mol. The molecule has 0 aliphatic heterocycles. The van der Waals surface area contributed by atoms with Crippen molar-refractivity contribution < 1.29 is 4.79 Å². The van der Waals surface area contributed by atoms with E-state index >= 15 is 0 Å². The monoisotopic (exact) mass is 195 g/mol. The van der Waals surface area contributed by atoms with Crippen LogP contribution in [-0.2, 0) is 4.79 Å². The Morgan fingerprint density at radius 3 is 2.29 bits per heavy atom. The largest absolute Gasteiger partial charge is 0.353 e. The van der Waals surface area contributed by atoms with Crippen LogP contribution in [0.15, 0.2) is 0 Å². The zero-order valence-corrected chi connectivity index (χ0v) is 9.47. The number of amides is 1. The predicted octanol–water partition coefficient (Wildman–Crippen LogP) is 2.34. The number of hydrogen-bond donors (Lipinski definition) is 1. The Hall–Kier alpha value is -0.530. The number of nitrogens with one attached hydrogen (secondary N) is 1. The van der Waals surface area contributed by atoms with Gasteiger partial charge in [-0.25, -0.2) is 0 Å². The molecular formula is C12H21NO. The van der Waals surface area contributed by atoms with Crippen LogP contribution in [0.5, 0.6) is 0 Å². The number of carbonyl (C=O) groups excluding carboxylic acids is 1. The molecule has 0 unspecified atom stereocenters. The van der Waals surface area contributed by atoms with Gasteiger partial charge in [-0.3, -0.25) is 4.79 Å². The lowest BCUT2D eigenvalue weighted by Crippen LogP contribution is -2.44. The lowest BCUT2D eigenvalue weighted by Gasteiger charge is -2.35. The molecule has 2 aliphatic carbocycles. The van der Waals surface area contributed by atoms with Crippen LogP contribution in [0.2, 0.25) is 0 Å². The van der Waals surface area contributed by atoms with E-state index in [1.165, 1.54) is 12.8 Å². The minimum atomic E-state index is 0.295. The fourth-order valence-corrected chi connectivity index (χ4v) is 2.26. The average Bonchev–Trinajstić information content (AvgIpc) is 2.79. The van der Waals surface area contributed by atoms with Crippen LogP contribution in [0, 0.1) is 17.3 Å². The second kappa shape index (κ2) is 3.25. The van der Waals surface area contributed by atoms with Crippen molar-refractivity contribution in [3.63, 3.8) is 0 Å². The molecule has 1 N–H and O–H groups in total. The first-order chi connectivity index (χ1) is 6.52. The molecule has 80 valence electrons. The summed E-state index contributed by atoms with van der Waals surface area (Å²) in [5, 5.41) is 3.11. The molecule has 2 rings (SSSR count). The molecule has 0 bridgehead atoms. The lowest BCUT2D eigenvalue weighted by molar-refractivity contribution is -0.130. The van der Waals surface area contributed by atoms with Crippen molar-refractivity contribution in [3.05, 3.63) is 0 Å². The molecule has 2 aliphatic rings. The molecule has 0 aromatic heterocycles. The van der Waals surface area contributed by atoms with Gasteiger partial charge in [-0.1, -0.05) is 13.8 Å². The van der Waals surface area contributed by atoms with Crippen LogP contribution < -0.4 is 5.32 Å². The van der Waals surface area contributed by atoms with Crippen molar-refractivity contribution in [1.29, 1.82) is 0 Å². The molecule has 1 amide bonds. The average molecular weight is 195 g/mol. The molecule has 0 saturated heterocycles. The smallest absolute Gasteiger partial charge is 0.223 e. The van der Waals surface area contributed by atoms with Crippen LogP contribution in [0.4, 0.5) is 0 Å². The third kappa shape index (κ3) is 1.79. The van der Waals surface area contributed by atoms with Gasteiger partial charge in [0.1, 0.15) is 0 Å². The highest BCUT2D eigenvalue weighted by molar-refractivity contribution is 5.80. The summed E-state index contributed by atoms with van der Waals surface area (Å²) in [7, 11) is 0. The first kappa shape index (κ1) is 10.0. The molecule has 14 heavy (non-hydrogen) atoms. The second-order valence-electron chi connectivity index (χ2n) is 5.65. The minimum Gasteiger partial charge on any atom is -0.353 e. The van der Waals surface area contributed by atoms with E-state index in [1.54, 1.807) is 0 Å². The van der Waals surface area contributed by atoms with Gasteiger partial charge >= 0.3 is 0 Å². The van der Waals surface area contributed by atoms with Crippen molar-refractivity contribution in [3.8, 4) is 0 Å². The van der Waals surface area contributed by atoms with Crippen molar-refractivity contribution in [2.45, 2.75) is 52.5 Å². The summed E-state index contributed by atoms with van der Waals surface area (Å²) in [4.78, 5) is 11.7. The SMILES string of the molecule is CC(C)[C@@H](C)NC(=O)C1CC2(CC2)C1. The second-order valence-corrected chi connectivity index (χ2v) is 5.65. The highest BCUT2D eigenvalue weighted by Gasteiger charge is 2.54. The Balaban J connectivity index is 1.74. The van der Waals surface area contributed by atoms with E-state index in [0.717, 1.165) is 12.8 Å². The maximum atomic E-state index is 11.7. The maximum Gasteiger partial charge on any atom is 0.223 e. The third-order valence-electron chi connectivity index (χ3n) is 4.06. The van der Waals surface area contributed by atoms with Crippen molar-refractivity contribution in [2.75, 3.05) is 0 Å². The first-order valence-corrected chi connectivity index (χ1v) is 5.83. The van der Waals surface area contributed by atoms with Crippen LogP contribution in [0.1, 0.15) is 46.5 Å². The third-order valence-corrected chi connectivity index (χ3v) is 4.06. The van der Waals surface area contributed by atoms with Crippen LogP contribution in [-0.4, -0.2) is 11.9 Å². The molecule has 1 spiro atoms. The summed E-state index contributed by atoms with van der Waals surface area (Å²) in [6, 6.07) is 0.318. The van der Waals surface area contributed by atoms with E-state index in [4.69, 9.17) is 0 Å². The number of rotatable bonds is 3. The number of carbonyl (C=O) groups is 1. The Morgan fingerprint density at radius 2 is 1.86 bits per heavy atom. The van der Waals surface area contributed by atoms with Crippen LogP contribution in [0.3, 0.4) is 0 Å². The fraction of sp³-hybridized carbons (Fsp3) is 0.917. The Labute approximate surface area is 86.5 Å². The Kier molecular flexibility index (Phi) is 2.32. The molecule has 2 nitrogen and oxygen atoms in total. The summed E-state index contributed by atoms with van der Waals surface area (Å²) in [5.41, 5.74) is 0.642. The quantitative estimate of drug-likeness (QED) is 0.735. The molecule has 0 radical (unpaired) electrons. The van der Waals surface area contributed by atoms with E-state index in [1.807, 2.05) is 0 Å². The fourth-order valence-electron chi connectivity index (χ4n) is 2.26. The molecule has 0 aromatic rings. The summed E-state index contributed by atoms with van der Waals surface area (Å²) in [5.74, 6) is 1.16. The van der Waals surface area contributed by atoms with Gasteiger partial charge in [0.2, 0.25) is 5.91 Å². The molecule has 0 heterocycles. The van der Waals surface area contributed by atoms with E-state index < -0.39 is 0 Å². The molecule has 0 aromatic carbocycles. The van der Waals surface area contributed by atoms with Gasteiger partial charge < -0.3 is 5.32 Å². The Morgan fingerprint density at radius 1 is 1.29 bits per heavy atom. The number of hydrogen-bond acceptors (Lipinski definition) is 1. The summed E-state index contributed by atoms with van der Waals surface area (Å²) in [6.07, 6.45) is 5.06. The van der Waals surface area contributed by atoms with E-state index in [9.17, 15) is 4.79 Å². The Bertz CT molecular complexity index is 235. The van der Waals surface area contributed by atoms with Crippen LogP contribution >= 0.6 is 0 Å².